The van der Waals surface area contributed by atoms with E-state index in [2.05, 4.69) is 15.5 Å². The minimum Gasteiger partial charge on any atom is -0.497 e. The molecule has 0 bridgehead atoms. The maximum atomic E-state index is 12.8. The number of thioether (sulfide) groups is 1. The number of amides is 1. The van der Waals surface area contributed by atoms with Crippen LogP contribution in [0.4, 0.5) is 5.69 Å². The fourth-order valence-electron chi connectivity index (χ4n) is 3.31. The molecule has 0 radical (unpaired) electrons. The summed E-state index contributed by atoms with van der Waals surface area (Å²) in [6.45, 7) is 9.30. The molecule has 0 saturated carbocycles. The monoisotopic (exact) mass is 482 g/mol. The van der Waals surface area contributed by atoms with Crippen molar-refractivity contribution in [3.63, 3.8) is 0 Å². The van der Waals surface area contributed by atoms with Crippen molar-refractivity contribution in [2.45, 2.75) is 57.2 Å². The number of anilines is 1. The van der Waals surface area contributed by atoms with Gasteiger partial charge in [0.15, 0.2) is 22.9 Å². The van der Waals surface area contributed by atoms with Gasteiger partial charge in [-0.05, 0) is 71.0 Å². The van der Waals surface area contributed by atoms with E-state index >= 15 is 0 Å². The molecule has 0 aliphatic heterocycles. The van der Waals surface area contributed by atoms with Crippen LogP contribution in [0.5, 0.6) is 11.5 Å². The summed E-state index contributed by atoms with van der Waals surface area (Å²) < 4.78 is 13.2. The predicted octanol–water partition coefficient (Wildman–Crippen LogP) is 5.33. The topological polar surface area (TPSA) is 95.3 Å². The van der Waals surface area contributed by atoms with Crippen molar-refractivity contribution in [3.8, 4) is 11.5 Å². The molecule has 1 N–H and O–H groups in total. The second-order valence-corrected chi connectivity index (χ2v) is 9.43. The molecule has 2 unspecified atom stereocenters. The highest BCUT2D eigenvalue weighted by atomic mass is 32.2. The van der Waals surface area contributed by atoms with Crippen molar-refractivity contribution in [3.05, 3.63) is 59.9 Å². The Morgan fingerprint density at radius 1 is 1.00 bits per heavy atom. The number of aromatic nitrogens is 3. The van der Waals surface area contributed by atoms with Crippen LogP contribution in [0.2, 0.25) is 0 Å². The van der Waals surface area contributed by atoms with Gasteiger partial charge < -0.3 is 19.4 Å². The molecule has 0 aliphatic carbocycles. The van der Waals surface area contributed by atoms with E-state index < -0.39 is 5.25 Å². The normalized spacial score (nSPS) is 12.8. The van der Waals surface area contributed by atoms with Crippen molar-refractivity contribution in [1.82, 2.24) is 14.8 Å². The summed E-state index contributed by atoms with van der Waals surface area (Å²) in [5, 5.41) is 11.8. The molecule has 180 valence electrons. The molecule has 1 aromatic heterocycles. The lowest BCUT2D eigenvalue weighted by molar-refractivity contribution is -0.115. The van der Waals surface area contributed by atoms with Crippen LogP contribution in [0.25, 0.3) is 0 Å². The number of methoxy groups -OCH3 is 1. The van der Waals surface area contributed by atoms with E-state index in [9.17, 15) is 9.59 Å². The van der Waals surface area contributed by atoms with Crippen molar-refractivity contribution >= 4 is 29.1 Å². The number of carbonyl (C=O) groups is 2. The van der Waals surface area contributed by atoms with Gasteiger partial charge in [0.2, 0.25) is 5.91 Å². The summed E-state index contributed by atoms with van der Waals surface area (Å²) in [5.41, 5.74) is 1.13. The lowest BCUT2D eigenvalue weighted by Gasteiger charge is -2.20. The fraction of sp³-hybridized carbons (Fsp3) is 0.360. The van der Waals surface area contributed by atoms with Crippen LogP contribution in [0.3, 0.4) is 0 Å². The molecular weight excluding hydrogens is 452 g/mol. The number of carbonyl (C=O) groups excluding carboxylic acids is 2. The number of rotatable bonds is 10. The molecule has 3 aromatic rings. The lowest BCUT2D eigenvalue weighted by atomic mass is 10.1. The number of ether oxygens (including phenoxy) is 2. The van der Waals surface area contributed by atoms with Gasteiger partial charge in [0.05, 0.1) is 12.4 Å². The van der Waals surface area contributed by atoms with Crippen LogP contribution >= 0.6 is 11.8 Å². The largest absolute Gasteiger partial charge is 0.497 e. The summed E-state index contributed by atoms with van der Waals surface area (Å²) in [7, 11) is 1.62. The Hall–Kier alpha value is -3.33. The molecule has 1 heterocycles. The van der Waals surface area contributed by atoms with E-state index in [4.69, 9.17) is 9.47 Å². The average Bonchev–Trinajstić information content (AvgIpc) is 3.23. The van der Waals surface area contributed by atoms with Gasteiger partial charge in [-0.1, -0.05) is 23.9 Å². The zero-order valence-electron chi connectivity index (χ0n) is 20.2. The first-order valence-corrected chi connectivity index (χ1v) is 11.9. The fourth-order valence-corrected chi connectivity index (χ4v) is 4.30. The van der Waals surface area contributed by atoms with Gasteiger partial charge in [-0.2, -0.15) is 0 Å². The number of hydrogen-bond acceptors (Lipinski definition) is 7. The zero-order valence-corrected chi connectivity index (χ0v) is 21.1. The van der Waals surface area contributed by atoms with Gasteiger partial charge >= 0.3 is 0 Å². The van der Waals surface area contributed by atoms with Crippen LogP contribution in [0.15, 0.2) is 53.7 Å². The molecule has 0 aliphatic rings. The van der Waals surface area contributed by atoms with Gasteiger partial charge in [0, 0.05) is 17.3 Å². The van der Waals surface area contributed by atoms with Crippen molar-refractivity contribution in [1.29, 1.82) is 0 Å². The van der Waals surface area contributed by atoms with E-state index in [-0.39, 0.29) is 23.8 Å². The highest BCUT2D eigenvalue weighted by Gasteiger charge is 2.25. The van der Waals surface area contributed by atoms with Crippen LogP contribution in [0.1, 0.15) is 62.9 Å². The van der Waals surface area contributed by atoms with E-state index in [1.54, 1.807) is 31.4 Å². The summed E-state index contributed by atoms with van der Waals surface area (Å²) in [5.74, 6) is 1.89. The standard InChI is InChI=1S/C25H30N4O4S/c1-15(2)29-23(17(4)33-22-12-10-21(32-6)11-13-22)27-28-25(29)34-18(5)24(31)26-20-9-7-8-19(14-20)16(3)30/h7-15,17-18H,1-6H3,(H,26,31). The Bertz CT molecular complexity index is 1140. The smallest absolute Gasteiger partial charge is 0.237 e. The molecule has 0 spiro atoms. The van der Waals surface area contributed by atoms with Gasteiger partial charge in [-0.15, -0.1) is 10.2 Å². The molecule has 2 atom stereocenters. The molecule has 0 saturated heterocycles. The number of ketones is 1. The first kappa shape index (κ1) is 25.3. The second-order valence-electron chi connectivity index (χ2n) is 8.13. The molecule has 0 fully saturated rings. The van der Waals surface area contributed by atoms with Crippen LogP contribution in [0, 0.1) is 0 Å². The molecule has 3 rings (SSSR count). The summed E-state index contributed by atoms with van der Waals surface area (Å²) in [4.78, 5) is 24.4. The number of nitrogens with one attached hydrogen (secondary N) is 1. The van der Waals surface area contributed by atoms with E-state index in [1.807, 2.05) is 56.5 Å². The Labute approximate surface area is 204 Å². The van der Waals surface area contributed by atoms with Gasteiger partial charge in [-0.25, -0.2) is 0 Å². The van der Waals surface area contributed by atoms with Gasteiger partial charge in [0.1, 0.15) is 11.5 Å². The van der Waals surface area contributed by atoms with Crippen LogP contribution in [-0.2, 0) is 4.79 Å². The van der Waals surface area contributed by atoms with Crippen LogP contribution < -0.4 is 14.8 Å². The minimum atomic E-state index is -0.437. The first-order valence-electron chi connectivity index (χ1n) is 11.0. The van der Waals surface area contributed by atoms with Crippen molar-refractivity contribution in [2.24, 2.45) is 0 Å². The molecular formula is C25H30N4O4S. The van der Waals surface area contributed by atoms with Crippen molar-refractivity contribution in [2.75, 3.05) is 12.4 Å². The van der Waals surface area contributed by atoms with E-state index in [0.717, 1.165) is 5.75 Å². The summed E-state index contributed by atoms with van der Waals surface area (Å²) >= 11 is 1.32. The third kappa shape index (κ3) is 6.17. The summed E-state index contributed by atoms with van der Waals surface area (Å²) in [6, 6.07) is 14.3. The summed E-state index contributed by atoms with van der Waals surface area (Å²) in [6.07, 6.45) is -0.351. The Morgan fingerprint density at radius 2 is 1.68 bits per heavy atom. The quantitative estimate of drug-likeness (QED) is 0.308. The molecule has 34 heavy (non-hydrogen) atoms. The van der Waals surface area contributed by atoms with Crippen molar-refractivity contribution < 1.29 is 19.1 Å². The zero-order chi connectivity index (χ0) is 24.8. The van der Waals surface area contributed by atoms with E-state index in [1.165, 1.54) is 18.7 Å². The molecule has 8 nitrogen and oxygen atoms in total. The second kappa shape index (κ2) is 11.2. The maximum Gasteiger partial charge on any atom is 0.237 e. The predicted molar refractivity (Wildman–Crippen MR) is 133 cm³/mol. The third-order valence-corrected chi connectivity index (χ3v) is 6.19. The Morgan fingerprint density at radius 3 is 2.29 bits per heavy atom. The number of hydrogen-bond donors (Lipinski definition) is 1. The van der Waals surface area contributed by atoms with Gasteiger partial charge in [0.25, 0.3) is 0 Å². The highest BCUT2D eigenvalue weighted by molar-refractivity contribution is 8.00. The molecule has 2 aromatic carbocycles. The molecule has 1 amide bonds. The van der Waals surface area contributed by atoms with Gasteiger partial charge in [-0.3, -0.25) is 9.59 Å². The number of benzene rings is 2. The highest BCUT2D eigenvalue weighted by Crippen LogP contribution is 2.30. The Balaban J connectivity index is 1.72. The maximum absolute atomic E-state index is 12.8. The van der Waals surface area contributed by atoms with Crippen LogP contribution in [-0.4, -0.2) is 38.8 Å². The SMILES string of the molecule is COc1ccc(OC(C)c2nnc(SC(C)C(=O)Nc3cccc(C(C)=O)c3)n2C(C)C)cc1. The number of nitrogens with zero attached hydrogens (tertiary/aromatic N) is 3. The third-order valence-electron chi connectivity index (χ3n) is 5.13. The lowest BCUT2D eigenvalue weighted by Crippen LogP contribution is -2.23. The first-order chi connectivity index (χ1) is 16.2. The van der Waals surface area contributed by atoms with E-state index in [0.29, 0.717) is 28.0 Å². The molecule has 9 heteroatoms. The Kier molecular flexibility index (Phi) is 8.33. The minimum absolute atomic E-state index is 0.0536. The number of Topliss-reactive ketones (excluding diaryl/α,β-unsaturated/α-hetero) is 1. The average molecular weight is 483 g/mol.